The van der Waals surface area contributed by atoms with Gasteiger partial charge in [-0.15, -0.1) is 0 Å². The number of nitrogens with zero attached hydrogens (tertiary/aromatic N) is 3. The molecular weight excluding hydrogens is 307 g/mol. The molecule has 0 unspecified atom stereocenters. The lowest BCUT2D eigenvalue weighted by Crippen LogP contribution is -2.49. The maximum absolute atomic E-state index is 13.8. The lowest BCUT2D eigenvalue weighted by molar-refractivity contribution is -0.131. The van der Waals surface area contributed by atoms with E-state index in [9.17, 15) is 9.18 Å². The summed E-state index contributed by atoms with van der Waals surface area (Å²) in [6.07, 6.45) is 1.62. The molecule has 134 valence electrons. The first-order valence-electron chi connectivity index (χ1n) is 8.70. The highest BCUT2D eigenvalue weighted by atomic mass is 19.1. The number of rotatable bonds is 8. The van der Waals surface area contributed by atoms with Gasteiger partial charge in [-0.2, -0.15) is 0 Å². The molecule has 0 atom stereocenters. The molecule has 0 saturated carbocycles. The van der Waals surface area contributed by atoms with Crippen molar-refractivity contribution in [1.82, 2.24) is 15.1 Å². The summed E-state index contributed by atoms with van der Waals surface area (Å²) in [6.45, 7) is 5.40. The molecule has 5 nitrogen and oxygen atoms in total. The minimum atomic E-state index is -0.195. The standard InChI is InChI=1S/C18H29FN4O/c1-21(2)11-5-9-20-10-8-18(24)23-14-12-22(13-15-23)17-7-4-3-6-16(17)19/h3-4,6-7,20H,5,8-15H2,1-2H3. The largest absolute Gasteiger partial charge is 0.366 e. The molecule has 24 heavy (non-hydrogen) atoms. The molecule has 0 radical (unpaired) electrons. The Kier molecular flexibility index (Phi) is 7.46. The van der Waals surface area contributed by atoms with Gasteiger partial charge in [0.25, 0.3) is 0 Å². The van der Waals surface area contributed by atoms with E-state index in [1.165, 1.54) is 6.07 Å². The number of carbonyl (C=O) groups excluding carboxylic acids is 1. The fourth-order valence-electron chi connectivity index (χ4n) is 2.90. The molecule has 1 heterocycles. The molecule has 6 heteroatoms. The van der Waals surface area contributed by atoms with E-state index in [-0.39, 0.29) is 11.7 Å². The third kappa shape index (κ3) is 5.76. The molecule has 1 aromatic carbocycles. The summed E-state index contributed by atoms with van der Waals surface area (Å²) in [7, 11) is 4.12. The van der Waals surface area contributed by atoms with Crippen LogP contribution in [0.15, 0.2) is 24.3 Å². The van der Waals surface area contributed by atoms with Crippen LogP contribution in [0.3, 0.4) is 0 Å². The van der Waals surface area contributed by atoms with E-state index in [1.54, 1.807) is 12.1 Å². The van der Waals surface area contributed by atoms with Crippen molar-refractivity contribution < 1.29 is 9.18 Å². The second-order valence-corrected chi connectivity index (χ2v) is 6.48. The maximum atomic E-state index is 13.8. The van der Waals surface area contributed by atoms with Gasteiger partial charge in [-0.1, -0.05) is 12.1 Å². The number of nitrogens with one attached hydrogen (secondary N) is 1. The smallest absolute Gasteiger partial charge is 0.223 e. The van der Waals surface area contributed by atoms with Gasteiger partial charge in [0.2, 0.25) is 5.91 Å². The summed E-state index contributed by atoms with van der Waals surface area (Å²) in [4.78, 5) is 18.3. The first kappa shape index (κ1) is 18.7. The number of halogens is 1. The fourth-order valence-corrected chi connectivity index (χ4v) is 2.90. The predicted molar refractivity (Wildman–Crippen MR) is 95.9 cm³/mol. The SMILES string of the molecule is CN(C)CCCNCCC(=O)N1CCN(c2ccccc2F)CC1. The summed E-state index contributed by atoms with van der Waals surface area (Å²) < 4.78 is 13.8. The molecule has 1 aliphatic heterocycles. The van der Waals surface area contributed by atoms with Crippen LogP contribution < -0.4 is 10.2 Å². The lowest BCUT2D eigenvalue weighted by Gasteiger charge is -2.36. The van der Waals surface area contributed by atoms with Crippen LogP contribution in [0.4, 0.5) is 10.1 Å². The Hall–Kier alpha value is -1.66. The minimum absolute atomic E-state index is 0.184. The highest BCUT2D eigenvalue weighted by Gasteiger charge is 2.22. The van der Waals surface area contributed by atoms with Crippen LogP contribution in [-0.4, -0.2) is 75.6 Å². The zero-order valence-corrected chi connectivity index (χ0v) is 14.8. The minimum Gasteiger partial charge on any atom is -0.366 e. The third-order valence-corrected chi connectivity index (χ3v) is 4.30. The molecule has 1 aromatic rings. The number of hydrogen-bond donors (Lipinski definition) is 1. The van der Waals surface area contributed by atoms with Crippen LogP contribution in [0.2, 0.25) is 0 Å². The highest BCUT2D eigenvalue weighted by molar-refractivity contribution is 5.76. The van der Waals surface area contributed by atoms with E-state index >= 15 is 0 Å². The van der Waals surface area contributed by atoms with Crippen LogP contribution >= 0.6 is 0 Å². The molecule has 0 aliphatic carbocycles. The Labute approximate surface area is 144 Å². The van der Waals surface area contributed by atoms with Crippen molar-refractivity contribution in [1.29, 1.82) is 0 Å². The monoisotopic (exact) mass is 336 g/mol. The van der Waals surface area contributed by atoms with Crippen LogP contribution in [-0.2, 0) is 4.79 Å². The second-order valence-electron chi connectivity index (χ2n) is 6.48. The van der Waals surface area contributed by atoms with E-state index < -0.39 is 0 Å². The van der Waals surface area contributed by atoms with Crippen molar-refractivity contribution in [3.63, 3.8) is 0 Å². The van der Waals surface area contributed by atoms with Crippen molar-refractivity contribution >= 4 is 11.6 Å². The summed E-state index contributed by atoms with van der Waals surface area (Å²) in [6, 6.07) is 6.82. The molecule has 0 bridgehead atoms. The van der Waals surface area contributed by atoms with Crippen molar-refractivity contribution in [2.75, 3.05) is 64.8 Å². The maximum Gasteiger partial charge on any atom is 0.223 e. The number of hydrogen-bond acceptors (Lipinski definition) is 4. The zero-order chi connectivity index (χ0) is 17.4. The topological polar surface area (TPSA) is 38.8 Å². The van der Waals surface area contributed by atoms with Gasteiger partial charge in [0.15, 0.2) is 0 Å². The third-order valence-electron chi connectivity index (χ3n) is 4.30. The lowest BCUT2D eigenvalue weighted by atomic mass is 10.2. The molecular formula is C18H29FN4O. The van der Waals surface area contributed by atoms with Crippen molar-refractivity contribution in [2.45, 2.75) is 12.8 Å². The number of carbonyl (C=O) groups is 1. The Morgan fingerprint density at radius 1 is 1.17 bits per heavy atom. The Morgan fingerprint density at radius 2 is 1.88 bits per heavy atom. The quantitative estimate of drug-likeness (QED) is 0.729. The van der Waals surface area contributed by atoms with Crippen molar-refractivity contribution in [2.24, 2.45) is 0 Å². The number of benzene rings is 1. The van der Waals surface area contributed by atoms with Crippen molar-refractivity contribution in [3.05, 3.63) is 30.1 Å². The zero-order valence-electron chi connectivity index (χ0n) is 14.8. The second kappa shape index (κ2) is 9.59. The van der Waals surface area contributed by atoms with Gasteiger partial charge < -0.3 is 20.0 Å². The van der Waals surface area contributed by atoms with Gasteiger partial charge in [0.05, 0.1) is 5.69 Å². The first-order valence-corrected chi connectivity index (χ1v) is 8.70. The molecule has 2 rings (SSSR count). The van der Waals surface area contributed by atoms with E-state index in [2.05, 4.69) is 24.3 Å². The van der Waals surface area contributed by atoms with E-state index in [4.69, 9.17) is 0 Å². The van der Waals surface area contributed by atoms with Gasteiger partial charge in [-0.3, -0.25) is 4.79 Å². The molecule has 1 N–H and O–H groups in total. The van der Waals surface area contributed by atoms with Gasteiger partial charge in [-0.05, 0) is 45.7 Å². The Morgan fingerprint density at radius 3 is 2.54 bits per heavy atom. The molecule has 1 aliphatic rings. The highest BCUT2D eigenvalue weighted by Crippen LogP contribution is 2.20. The molecule has 1 fully saturated rings. The number of piperazine rings is 1. The van der Waals surface area contributed by atoms with Crippen molar-refractivity contribution in [3.8, 4) is 0 Å². The summed E-state index contributed by atoms with van der Waals surface area (Å²) in [5.74, 6) is -0.0116. The average Bonchev–Trinajstić information content (AvgIpc) is 2.58. The van der Waals surface area contributed by atoms with E-state index in [1.807, 2.05) is 15.9 Å². The predicted octanol–water partition coefficient (Wildman–Crippen LogP) is 1.41. The average molecular weight is 336 g/mol. The fraction of sp³-hybridized carbons (Fsp3) is 0.611. The van der Waals surface area contributed by atoms with Crippen LogP contribution in [0.25, 0.3) is 0 Å². The number of anilines is 1. The van der Waals surface area contributed by atoms with E-state index in [0.29, 0.717) is 38.3 Å². The van der Waals surface area contributed by atoms with Gasteiger partial charge in [0, 0.05) is 39.1 Å². The number of amides is 1. The molecule has 1 amide bonds. The molecule has 1 saturated heterocycles. The van der Waals surface area contributed by atoms with Crippen LogP contribution in [0.5, 0.6) is 0 Å². The first-order chi connectivity index (χ1) is 11.6. The van der Waals surface area contributed by atoms with Crippen LogP contribution in [0.1, 0.15) is 12.8 Å². The van der Waals surface area contributed by atoms with E-state index in [0.717, 1.165) is 26.1 Å². The molecule has 0 aromatic heterocycles. The summed E-state index contributed by atoms with van der Waals surface area (Å²) in [5.41, 5.74) is 0.632. The molecule has 0 spiro atoms. The van der Waals surface area contributed by atoms with Crippen LogP contribution in [0, 0.1) is 5.82 Å². The normalized spacial score (nSPS) is 15.2. The number of para-hydroxylation sites is 1. The Bertz CT molecular complexity index is 515. The van der Waals surface area contributed by atoms with Gasteiger partial charge >= 0.3 is 0 Å². The summed E-state index contributed by atoms with van der Waals surface area (Å²) in [5, 5.41) is 3.32. The van der Waals surface area contributed by atoms with Gasteiger partial charge in [0.1, 0.15) is 5.82 Å². The summed E-state index contributed by atoms with van der Waals surface area (Å²) >= 11 is 0. The van der Waals surface area contributed by atoms with Gasteiger partial charge in [-0.25, -0.2) is 4.39 Å². The Balaban J connectivity index is 1.65.